The topological polar surface area (TPSA) is 20.2 Å². The molecule has 0 amide bonds. The van der Waals surface area contributed by atoms with E-state index in [2.05, 4.69) is 31.9 Å². The van der Waals surface area contributed by atoms with Crippen LogP contribution in [0.5, 0.6) is 0 Å². The summed E-state index contributed by atoms with van der Waals surface area (Å²) in [5.41, 5.74) is 1.26. The molecule has 0 fully saturated rings. The molecule has 0 heterocycles. The fraction of sp³-hybridized carbons (Fsp3) is 0.167. The van der Waals surface area contributed by atoms with Gasteiger partial charge in [0.25, 0.3) is 0 Å². The van der Waals surface area contributed by atoms with Gasteiger partial charge in [-0.25, -0.2) is 8.78 Å². The third kappa shape index (κ3) is 4.13. The minimum Gasteiger partial charge on any atom is -0.381 e. The Morgan fingerprint density at radius 3 is 2.37 bits per heavy atom. The van der Waals surface area contributed by atoms with Crippen molar-refractivity contribution < 1.29 is 13.9 Å². The second kappa shape index (κ2) is 8.54. The summed E-state index contributed by atoms with van der Waals surface area (Å²) < 4.78 is 29.7. The molecule has 1 aliphatic carbocycles. The fourth-order valence-corrected chi connectivity index (χ4v) is 5.75. The first kappa shape index (κ1) is 21.7. The van der Waals surface area contributed by atoms with Crippen LogP contribution in [-0.2, 0) is 5.60 Å². The van der Waals surface area contributed by atoms with E-state index in [1.54, 1.807) is 24.3 Å². The van der Waals surface area contributed by atoms with E-state index in [4.69, 9.17) is 11.6 Å². The van der Waals surface area contributed by atoms with Gasteiger partial charge in [0, 0.05) is 31.2 Å². The lowest BCUT2D eigenvalue weighted by molar-refractivity contribution is 0.0668. The van der Waals surface area contributed by atoms with Crippen LogP contribution in [0.3, 0.4) is 0 Å². The predicted octanol–water partition coefficient (Wildman–Crippen LogP) is 7.99. The molecule has 3 aromatic carbocycles. The number of hydrogen-bond acceptors (Lipinski definition) is 1. The smallest absolute Gasteiger partial charge is 0.130 e. The molecule has 0 bridgehead atoms. The van der Waals surface area contributed by atoms with Gasteiger partial charge in [-0.15, -0.1) is 0 Å². The Morgan fingerprint density at radius 2 is 1.67 bits per heavy atom. The summed E-state index contributed by atoms with van der Waals surface area (Å²) in [5, 5.41) is 12.2. The van der Waals surface area contributed by atoms with Crippen LogP contribution >= 0.6 is 43.5 Å². The van der Waals surface area contributed by atoms with Gasteiger partial charge in [-0.05, 0) is 54.2 Å². The van der Waals surface area contributed by atoms with Crippen LogP contribution in [0.4, 0.5) is 8.78 Å². The standard InChI is InChI=1S/C24H17Br2ClF2O/c25-19-7-3-1-5-17(19)14-9-15(23-20(26)10-16(28)11-22(23)29)13-24(30,12-14)18-6-2-4-8-21(18)27/h1-8,10-12,15,30H,9,13H2. The molecule has 0 saturated carbocycles. The Bertz CT molecular complexity index is 1120. The first-order chi connectivity index (χ1) is 14.3. The first-order valence-corrected chi connectivity index (χ1v) is 11.3. The number of halogens is 5. The van der Waals surface area contributed by atoms with Gasteiger partial charge in [-0.1, -0.05) is 79.9 Å². The molecule has 6 heteroatoms. The van der Waals surface area contributed by atoms with Gasteiger partial charge in [0.1, 0.15) is 17.2 Å². The Labute approximate surface area is 195 Å². The van der Waals surface area contributed by atoms with Crippen LogP contribution in [0, 0.1) is 11.6 Å². The van der Waals surface area contributed by atoms with Crippen molar-refractivity contribution >= 4 is 49.0 Å². The van der Waals surface area contributed by atoms with Crippen LogP contribution < -0.4 is 0 Å². The molecule has 0 radical (unpaired) electrons. The van der Waals surface area contributed by atoms with Crippen molar-refractivity contribution in [2.75, 3.05) is 0 Å². The van der Waals surface area contributed by atoms with Gasteiger partial charge in [0.15, 0.2) is 0 Å². The van der Waals surface area contributed by atoms with Crippen LogP contribution in [-0.4, -0.2) is 5.11 Å². The summed E-state index contributed by atoms with van der Waals surface area (Å²) in [4.78, 5) is 0. The van der Waals surface area contributed by atoms with Gasteiger partial charge < -0.3 is 5.11 Å². The third-order valence-electron chi connectivity index (χ3n) is 5.45. The summed E-state index contributed by atoms with van der Waals surface area (Å²) in [7, 11) is 0. The van der Waals surface area contributed by atoms with Gasteiger partial charge in [-0.3, -0.25) is 0 Å². The van der Waals surface area contributed by atoms with E-state index in [-0.39, 0.29) is 6.42 Å². The zero-order valence-electron chi connectivity index (χ0n) is 15.7. The highest BCUT2D eigenvalue weighted by Crippen LogP contribution is 2.49. The first-order valence-electron chi connectivity index (χ1n) is 9.37. The van der Waals surface area contributed by atoms with E-state index < -0.39 is 23.2 Å². The highest BCUT2D eigenvalue weighted by atomic mass is 79.9. The highest BCUT2D eigenvalue weighted by molar-refractivity contribution is 9.10. The molecular weight excluding hydrogens is 538 g/mol. The third-order valence-corrected chi connectivity index (χ3v) is 7.13. The lowest BCUT2D eigenvalue weighted by Gasteiger charge is -2.37. The molecule has 4 rings (SSSR count). The number of hydrogen-bond donors (Lipinski definition) is 1. The summed E-state index contributed by atoms with van der Waals surface area (Å²) in [5.74, 6) is -1.68. The van der Waals surface area contributed by atoms with Crippen molar-refractivity contribution in [2.45, 2.75) is 24.4 Å². The Hall–Kier alpha value is -1.53. The molecule has 2 unspecified atom stereocenters. The molecule has 1 nitrogen and oxygen atoms in total. The summed E-state index contributed by atoms with van der Waals surface area (Å²) >= 11 is 13.3. The Kier molecular flexibility index (Phi) is 6.18. The van der Waals surface area contributed by atoms with Crippen molar-refractivity contribution in [3.63, 3.8) is 0 Å². The Balaban J connectivity index is 1.90. The van der Waals surface area contributed by atoms with Crippen molar-refractivity contribution in [3.05, 3.63) is 109 Å². The van der Waals surface area contributed by atoms with Gasteiger partial charge in [-0.2, -0.15) is 0 Å². The normalized spacial score (nSPS) is 21.4. The van der Waals surface area contributed by atoms with Crippen LogP contribution in [0.25, 0.3) is 5.57 Å². The number of aliphatic hydroxyl groups is 1. The van der Waals surface area contributed by atoms with Gasteiger partial charge >= 0.3 is 0 Å². The molecule has 2 atom stereocenters. The van der Waals surface area contributed by atoms with Crippen molar-refractivity contribution in [2.24, 2.45) is 0 Å². The molecule has 1 N–H and O–H groups in total. The van der Waals surface area contributed by atoms with Crippen molar-refractivity contribution in [3.8, 4) is 0 Å². The summed E-state index contributed by atoms with van der Waals surface area (Å²) in [6.07, 6.45) is 2.50. The lowest BCUT2D eigenvalue weighted by Crippen LogP contribution is -2.30. The second-order valence-corrected chi connectivity index (χ2v) is 9.56. The molecule has 3 aromatic rings. The van der Waals surface area contributed by atoms with Gasteiger partial charge in [0.2, 0.25) is 0 Å². The molecule has 0 saturated heterocycles. The maximum absolute atomic E-state index is 14.8. The number of allylic oxidation sites excluding steroid dienone is 1. The van der Waals surface area contributed by atoms with Crippen LogP contribution in [0.1, 0.15) is 35.4 Å². The lowest BCUT2D eigenvalue weighted by atomic mass is 9.72. The van der Waals surface area contributed by atoms with E-state index in [0.29, 0.717) is 27.0 Å². The predicted molar refractivity (Wildman–Crippen MR) is 124 cm³/mol. The fourth-order valence-electron chi connectivity index (χ4n) is 4.18. The van der Waals surface area contributed by atoms with E-state index >= 15 is 0 Å². The van der Waals surface area contributed by atoms with E-state index in [0.717, 1.165) is 21.7 Å². The molecule has 0 aromatic heterocycles. The Morgan fingerprint density at radius 1 is 0.967 bits per heavy atom. The van der Waals surface area contributed by atoms with Crippen molar-refractivity contribution in [1.29, 1.82) is 0 Å². The number of benzene rings is 3. The molecular formula is C24H17Br2ClF2O. The summed E-state index contributed by atoms with van der Waals surface area (Å²) in [6, 6.07) is 16.9. The minimum atomic E-state index is -1.41. The zero-order chi connectivity index (χ0) is 21.5. The van der Waals surface area contributed by atoms with E-state index in [1.807, 2.05) is 30.3 Å². The average Bonchev–Trinajstić information content (AvgIpc) is 2.67. The maximum atomic E-state index is 14.8. The van der Waals surface area contributed by atoms with E-state index in [1.165, 1.54) is 6.07 Å². The molecule has 30 heavy (non-hydrogen) atoms. The zero-order valence-corrected chi connectivity index (χ0v) is 19.6. The largest absolute Gasteiger partial charge is 0.381 e. The quantitative estimate of drug-likeness (QED) is 0.348. The van der Waals surface area contributed by atoms with Crippen LogP contribution in [0.2, 0.25) is 5.02 Å². The molecule has 154 valence electrons. The molecule has 0 aliphatic heterocycles. The monoisotopic (exact) mass is 552 g/mol. The second-order valence-electron chi connectivity index (χ2n) is 7.44. The summed E-state index contributed by atoms with van der Waals surface area (Å²) in [6.45, 7) is 0. The SMILES string of the molecule is OC1(c2ccccc2Cl)C=C(c2ccccc2Br)CC(c2c(F)cc(F)cc2Br)C1. The molecule has 0 spiro atoms. The van der Waals surface area contributed by atoms with Crippen LogP contribution in [0.15, 0.2) is 75.7 Å². The minimum absolute atomic E-state index is 0.214. The maximum Gasteiger partial charge on any atom is 0.130 e. The van der Waals surface area contributed by atoms with E-state index in [9.17, 15) is 13.9 Å². The molecule has 1 aliphatic rings. The van der Waals surface area contributed by atoms with Crippen molar-refractivity contribution in [1.82, 2.24) is 0 Å². The average molecular weight is 555 g/mol. The van der Waals surface area contributed by atoms with Gasteiger partial charge in [0.05, 0.1) is 0 Å². The highest BCUT2D eigenvalue weighted by Gasteiger charge is 2.39. The number of rotatable bonds is 3.